The number of halogens is 1. The first-order valence-electron chi connectivity index (χ1n) is 8.78. The normalized spacial score (nSPS) is 13.2. The summed E-state index contributed by atoms with van der Waals surface area (Å²) in [5.41, 5.74) is 10.7. The summed E-state index contributed by atoms with van der Waals surface area (Å²) < 4.78 is 13.8. The van der Waals surface area contributed by atoms with Gasteiger partial charge < -0.3 is 5.73 Å². The van der Waals surface area contributed by atoms with Crippen LogP contribution in [0.15, 0.2) is 58.1 Å². The molecule has 0 saturated carbocycles. The largest absolute Gasteiger partial charge is 0.397 e. The molecule has 1 aromatic carbocycles. The minimum absolute atomic E-state index is 0.270. The number of alkyl halides is 1. The number of thiophene rings is 2. The molecule has 140 valence electrons. The number of hydrogen-bond donors (Lipinski definition) is 2. The molecule has 3 aromatic heterocycles. The van der Waals surface area contributed by atoms with Crippen LogP contribution in [0.3, 0.4) is 0 Å². The average Bonchev–Trinajstić information content (AvgIpc) is 3.35. The highest BCUT2D eigenvalue weighted by Crippen LogP contribution is 2.49. The highest BCUT2D eigenvalue weighted by molar-refractivity contribution is 8.18. The van der Waals surface area contributed by atoms with Gasteiger partial charge in [-0.1, -0.05) is 36.4 Å². The van der Waals surface area contributed by atoms with Crippen molar-refractivity contribution in [3.8, 4) is 21.7 Å². The van der Waals surface area contributed by atoms with Crippen molar-refractivity contribution in [1.82, 2.24) is 4.98 Å². The van der Waals surface area contributed by atoms with Gasteiger partial charge in [-0.05, 0) is 47.1 Å². The number of nitrogen functional groups attached to an aromatic ring is 1. The smallest absolute Gasteiger partial charge is 0.127 e. The molecule has 27 heavy (non-hydrogen) atoms. The summed E-state index contributed by atoms with van der Waals surface area (Å²) in [6.45, 7) is -0.270. The molecule has 1 atom stereocenters. The Morgan fingerprint density at radius 2 is 1.96 bits per heavy atom. The van der Waals surface area contributed by atoms with Gasteiger partial charge in [0.1, 0.15) is 4.83 Å². The van der Waals surface area contributed by atoms with E-state index in [2.05, 4.69) is 35.9 Å². The van der Waals surface area contributed by atoms with Crippen LogP contribution in [-0.2, 0) is 0 Å². The van der Waals surface area contributed by atoms with Crippen LogP contribution < -0.4 is 5.73 Å². The molecule has 2 N–H and O–H groups in total. The number of aromatic nitrogens is 1. The Balaban J connectivity index is 1.93. The Labute approximate surface area is 169 Å². The maximum absolute atomic E-state index is 12.6. The predicted molar refractivity (Wildman–Crippen MR) is 121 cm³/mol. The summed E-state index contributed by atoms with van der Waals surface area (Å²) >= 11 is 3.37. The molecule has 0 radical (unpaired) electrons. The molecule has 0 saturated heterocycles. The van der Waals surface area contributed by atoms with Crippen LogP contribution in [0.2, 0.25) is 0 Å². The zero-order valence-corrected chi connectivity index (χ0v) is 17.5. The Morgan fingerprint density at radius 3 is 2.67 bits per heavy atom. The third-order valence-electron chi connectivity index (χ3n) is 4.51. The summed E-state index contributed by atoms with van der Waals surface area (Å²) in [7, 11) is -0.469. The second-order valence-electron chi connectivity index (χ2n) is 6.36. The summed E-state index contributed by atoms with van der Waals surface area (Å²) in [6.07, 6.45) is 2.78. The minimum atomic E-state index is -0.469. The zero-order chi connectivity index (χ0) is 18.8. The number of thiol groups is 1. The second-order valence-corrected chi connectivity index (χ2v) is 10.9. The fraction of sp³-hybridized carbons (Fsp3) is 0.190. The molecule has 4 aromatic rings. The van der Waals surface area contributed by atoms with E-state index < -0.39 is 10.9 Å². The fourth-order valence-corrected chi connectivity index (χ4v) is 7.21. The van der Waals surface area contributed by atoms with E-state index in [1.165, 1.54) is 4.21 Å². The predicted octanol–water partition coefficient (Wildman–Crippen LogP) is 6.62. The third kappa shape index (κ3) is 3.61. The van der Waals surface area contributed by atoms with E-state index in [0.29, 0.717) is 6.42 Å². The Kier molecular flexibility index (Phi) is 5.48. The van der Waals surface area contributed by atoms with Gasteiger partial charge in [0.05, 0.1) is 27.1 Å². The summed E-state index contributed by atoms with van der Waals surface area (Å²) in [4.78, 5) is 7.06. The number of pyridine rings is 1. The van der Waals surface area contributed by atoms with E-state index in [1.807, 2.05) is 24.3 Å². The van der Waals surface area contributed by atoms with Crippen LogP contribution in [0.5, 0.6) is 0 Å². The van der Waals surface area contributed by atoms with Crippen molar-refractivity contribution < 1.29 is 4.39 Å². The highest BCUT2D eigenvalue weighted by atomic mass is 32.2. The SMILES string of the molecule is C[SH](CCCF)c1sc2nc(-c3cccs3)cc(-c3ccccc3)c2c1N. The van der Waals surface area contributed by atoms with Crippen molar-refractivity contribution >= 4 is 49.5 Å². The Bertz CT molecular complexity index is 1040. The quantitative estimate of drug-likeness (QED) is 0.347. The van der Waals surface area contributed by atoms with Gasteiger partial charge in [0.2, 0.25) is 0 Å². The van der Waals surface area contributed by atoms with Crippen molar-refractivity contribution in [3.63, 3.8) is 0 Å². The molecule has 0 fully saturated rings. The lowest BCUT2D eigenvalue weighted by atomic mass is 10.0. The molecule has 0 spiro atoms. The van der Waals surface area contributed by atoms with Crippen LogP contribution in [0.4, 0.5) is 10.1 Å². The van der Waals surface area contributed by atoms with Crippen molar-refractivity contribution in [2.75, 3.05) is 24.4 Å². The molecule has 0 amide bonds. The third-order valence-corrected chi connectivity index (χ3v) is 9.44. The first kappa shape index (κ1) is 18.5. The number of anilines is 1. The number of rotatable bonds is 6. The van der Waals surface area contributed by atoms with Gasteiger partial charge in [0.25, 0.3) is 0 Å². The second kappa shape index (κ2) is 8.00. The minimum Gasteiger partial charge on any atom is -0.397 e. The van der Waals surface area contributed by atoms with E-state index in [0.717, 1.165) is 43.4 Å². The van der Waals surface area contributed by atoms with E-state index in [-0.39, 0.29) is 6.67 Å². The number of nitrogens with two attached hydrogens (primary N) is 1. The van der Waals surface area contributed by atoms with E-state index in [9.17, 15) is 4.39 Å². The summed E-state index contributed by atoms with van der Waals surface area (Å²) in [5, 5.41) is 3.11. The van der Waals surface area contributed by atoms with E-state index in [1.54, 1.807) is 22.7 Å². The molecule has 0 bridgehead atoms. The monoisotopic (exact) mass is 416 g/mol. The first-order valence-corrected chi connectivity index (χ1v) is 12.5. The average molecular weight is 417 g/mol. The van der Waals surface area contributed by atoms with Gasteiger partial charge in [-0.3, -0.25) is 4.39 Å². The van der Waals surface area contributed by atoms with Gasteiger partial charge in [-0.25, -0.2) is 15.9 Å². The molecule has 0 aliphatic heterocycles. The number of benzene rings is 1. The number of hydrogen-bond acceptors (Lipinski definition) is 4. The Morgan fingerprint density at radius 1 is 1.15 bits per heavy atom. The molecule has 4 rings (SSSR count). The maximum Gasteiger partial charge on any atom is 0.127 e. The Hall–Kier alpha value is -1.89. The maximum atomic E-state index is 12.6. The first-order chi connectivity index (χ1) is 13.2. The fourth-order valence-electron chi connectivity index (χ4n) is 3.19. The summed E-state index contributed by atoms with van der Waals surface area (Å²) in [6, 6.07) is 16.6. The van der Waals surface area contributed by atoms with Gasteiger partial charge in [0.15, 0.2) is 0 Å². The van der Waals surface area contributed by atoms with Crippen molar-refractivity contribution in [2.45, 2.75) is 10.6 Å². The van der Waals surface area contributed by atoms with Crippen molar-refractivity contribution in [1.29, 1.82) is 0 Å². The van der Waals surface area contributed by atoms with E-state index in [4.69, 9.17) is 10.7 Å². The molecular formula is C21H21FN2S3. The molecule has 6 heteroatoms. The molecule has 0 aliphatic rings. The molecule has 0 aliphatic carbocycles. The molecule has 3 heterocycles. The number of nitrogens with zero attached hydrogens (tertiary/aromatic N) is 1. The van der Waals surface area contributed by atoms with Crippen LogP contribution >= 0.6 is 33.6 Å². The lowest BCUT2D eigenvalue weighted by Crippen LogP contribution is -1.93. The van der Waals surface area contributed by atoms with Crippen LogP contribution in [0.25, 0.3) is 31.9 Å². The highest BCUT2D eigenvalue weighted by Gasteiger charge is 2.19. The van der Waals surface area contributed by atoms with Gasteiger partial charge in [-0.2, -0.15) is 0 Å². The van der Waals surface area contributed by atoms with Crippen molar-refractivity contribution in [3.05, 3.63) is 53.9 Å². The topological polar surface area (TPSA) is 38.9 Å². The summed E-state index contributed by atoms with van der Waals surface area (Å²) in [5.74, 6) is 0.862. The van der Waals surface area contributed by atoms with Gasteiger partial charge in [0, 0.05) is 5.39 Å². The molecule has 1 unspecified atom stereocenters. The van der Waals surface area contributed by atoms with Crippen LogP contribution in [0.1, 0.15) is 6.42 Å². The van der Waals surface area contributed by atoms with Gasteiger partial charge >= 0.3 is 0 Å². The molecular weight excluding hydrogens is 395 g/mol. The number of fused-ring (bicyclic) bond motifs is 1. The van der Waals surface area contributed by atoms with Gasteiger partial charge in [-0.15, -0.1) is 22.7 Å². The molecule has 2 nitrogen and oxygen atoms in total. The lowest BCUT2D eigenvalue weighted by molar-refractivity contribution is 0.489. The van der Waals surface area contributed by atoms with Crippen molar-refractivity contribution in [2.24, 2.45) is 0 Å². The zero-order valence-electron chi connectivity index (χ0n) is 15.0. The lowest BCUT2D eigenvalue weighted by Gasteiger charge is -2.14. The van der Waals surface area contributed by atoms with E-state index >= 15 is 0 Å². The van der Waals surface area contributed by atoms with Crippen LogP contribution in [-0.4, -0.2) is 23.7 Å². The standard InChI is InChI=1S/C21H21FN2S3/c1-27(12-6-10-22)21-19(23)18-15(14-7-3-2-4-8-14)13-16(24-20(18)26-21)17-9-5-11-25-17/h2-5,7-9,11,13,27H,6,10,12,23H2,1H3. The van der Waals surface area contributed by atoms with Crippen LogP contribution in [0, 0.1) is 0 Å².